The SMILES string of the molecule is COc1cc(-c2cc(=O)c3c(O)cc(O)cc3o2)cc(OC)c1O[C@@H]1OC(CO)[C@@H](O)C(O)C1O. The van der Waals surface area contributed by atoms with E-state index < -0.39 is 48.5 Å². The van der Waals surface area contributed by atoms with Gasteiger partial charge in [0.15, 0.2) is 16.9 Å². The lowest BCUT2D eigenvalue weighted by molar-refractivity contribution is -0.277. The molecule has 6 N–H and O–H groups in total. The lowest BCUT2D eigenvalue weighted by atomic mass is 9.99. The Morgan fingerprint density at radius 1 is 0.914 bits per heavy atom. The molecule has 0 aliphatic carbocycles. The molecule has 5 atom stereocenters. The van der Waals surface area contributed by atoms with Gasteiger partial charge in [-0.1, -0.05) is 0 Å². The van der Waals surface area contributed by atoms with Crippen molar-refractivity contribution in [3.8, 4) is 40.1 Å². The number of hydrogen-bond donors (Lipinski definition) is 6. The summed E-state index contributed by atoms with van der Waals surface area (Å²) in [6.45, 7) is -0.635. The number of ether oxygens (including phenoxy) is 4. The van der Waals surface area contributed by atoms with Crippen LogP contribution in [-0.2, 0) is 4.74 Å². The Morgan fingerprint density at radius 2 is 1.57 bits per heavy atom. The molecule has 3 unspecified atom stereocenters. The van der Waals surface area contributed by atoms with Gasteiger partial charge in [-0.3, -0.25) is 4.79 Å². The van der Waals surface area contributed by atoms with Crippen molar-refractivity contribution in [1.82, 2.24) is 0 Å². The highest BCUT2D eigenvalue weighted by Crippen LogP contribution is 2.43. The maximum absolute atomic E-state index is 12.6. The van der Waals surface area contributed by atoms with Crippen LogP contribution in [0, 0.1) is 0 Å². The molecule has 1 aliphatic heterocycles. The van der Waals surface area contributed by atoms with Crippen molar-refractivity contribution in [3.05, 3.63) is 40.6 Å². The zero-order valence-corrected chi connectivity index (χ0v) is 18.6. The summed E-state index contributed by atoms with van der Waals surface area (Å²) >= 11 is 0. The van der Waals surface area contributed by atoms with Crippen LogP contribution in [-0.4, -0.2) is 82.2 Å². The van der Waals surface area contributed by atoms with E-state index in [0.717, 1.165) is 12.1 Å². The van der Waals surface area contributed by atoms with Gasteiger partial charge in [-0.2, -0.15) is 0 Å². The number of aromatic hydroxyl groups is 2. The predicted molar refractivity (Wildman–Crippen MR) is 119 cm³/mol. The average Bonchev–Trinajstić information content (AvgIpc) is 2.83. The normalized spacial score (nSPS) is 24.3. The zero-order valence-electron chi connectivity index (χ0n) is 18.6. The summed E-state index contributed by atoms with van der Waals surface area (Å²) in [7, 11) is 2.65. The van der Waals surface area contributed by atoms with Gasteiger partial charge in [0.25, 0.3) is 0 Å². The fourth-order valence-electron chi connectivity index (χ4n) is 3.82. The summed E-state index contributed by atoms with van der Waals surface area (Å²) in [5.74, 6) is -0.576. The number of hydrogen-bond acceptors (Lipinski definition) is 12. The van der Waals surface area contributed by atoms with Crippen LogP contribution < -0.4 is 19.6 Å². The van der Waals surface area contributed by atoms with E-state index in [4.69, 9.17) is 23.4 Å². The number of phenolic OH excluding ortho intramolecular Hbond substituents is 2. The first kappa shape index (κ1) is 24.6. The second kappa shape index (κ2) is 9.60. The van der Waals surface area contributed by atoms with Crippen LogP contribution in [0.3, 0.4) is 0 Å². The van der Waals surface area contributed by atoms with Gasteiger partial charge in [0.2, 0.25) is 12.0 Å². The molecular formula is C23H24O12. The number of benzene rings is 2. The van der Waals surface area contributed by atoms with Gasteiger partial charge in [-0.15, -0.1) is 0 Å². The number of aliphatic hydroxyl groups is 4. The Balaban J connectivity index is 1.76. The highest BCUT2D eigenvalue weighted by atomic mass is 16.7. The molecule has 2 aromatic carbocycles. The Morgan fingerprint density at radius 3 is 2.17 bits per heavy atom. The minimum Gasteiger partial charge on any atom is -0.508 e. The lowest BCUT2D eigenvalue weighted by Gasteiger charge is -2.39. The number of methoxy groups -OCH3 is 2. The summed E-state index contributed by atoms with van der Waals surface area (Å²) in [6, 6.07) is 6.23. The van der Waals surface area contributed by atoms with Crippen LogP contribution in [0.5, 0.6) is 28.7 Å². The summed E-state index contributed by atoms with van der Waals surface area (Å²) < 4.78 is 27.6. The van der Waals surface area contributed by atoms with Crippen LogP contribution >= 0.6 is 0 Å². The van der Waals surface area contributed by atoms with Crippen LogP contribution in [0.4, 0.5) is 0 Å². The maximum atomic E-state index is 12.6. The predicted octanol–water partition coefficient (Wildman–Crippen LogP) is 0.0671. The Hall–Kier alpha value is -3.55. The molecule has 1 fully saturated rings. The van der Waals surface area contributed by atoms with Gasteiger partial charge in [0, 0.05) is 23.8 Å². The Labute approximate surface area is 197 Å². The third-order valence-corrected chi connectivity index (χ3v) is 5.62. The molecule has 12 heteroatoms. The van der Waals surface area contributed by atoms with E-state index in [-0.39, 0.29) is 39.7 Å². The molecule has 0 spiro atoms. The van der Waals surface area contributed by atoms with E-state index in [1.165, 1.54) is 32.4 Å². The molecule has 1 saturated heterocycles. The molecule has 3 aromatic rings. The van der Waals surface area contributed by atoms with E-state index >= 15 is 0 Å². The molecule has 0 radical (unpaired) electrons. The third-order valence-electron chi connectivity index (χ3n) is 5.62. The molecule has 12 nitrogen and oxygen atoms in total. The van der Waals surface area contributed by atoms with Gasteiger partial charge in [-0.25, -0.2) is 0 Å². The summed E-state index contributed by atoms with van der Waals surface area (Å²) in [5, 5.41) is 59.3. The molecule has 188 valence electrons. The Bertz CT molecular complexity index is 1260. The number of aliphatic hydroxyl groups excluding tert-OH is 4. The largest absolute Gasteiger partial charge is 0.508 e. The van der Waals surface area contributed by atoms with E-state index in [2.05, 4.69) is 0 Å². The monoisotopic (exact) mass is 492 g/mol. The van der Waals surface area contributed by atoms with Crippen molar-refractivity contribution in [2.24, 2.45) is 0 Å². The van der Waals surface area contributed by atoms with Crippen molar-refractivity contribution in [3.63, 3.8) is 0 Å². The number of phenols is 2. The van der Waals surface area contributed by atoms with E-state index in [1.54, 1.807) is 0 Å². The van der Waals surface area contributed by atoms with E-state index in [0.29, 0.717) is 5.56 Å². The van der Waals surface area contributed by atoms with Gasteiger partial charge in [-0.05, 0) is 12.1 Å². The standard InChI is InChI=1S/C23H24O12/c1-31-15-3-9(13-7-12(27)18-11(26)5-10(25)6-14(18)33-13)4-16(32-2)22(15)35-23-21(30)20(29)19(28)17(8-24)34-23/h3-7,17,19-21,23-26,28-30H,8H2,1-2H3/t17?,19-,20?,21?,23+/m1/s1. The lowest BCUT2D eigenvalue weighted by Crippen LogP contribution is -2.60. The van der Waals surface area contributed by atoms with Crippen molar-refractivity contribution in [1.29, 1.82) is 0 Å². The summed E-state index contributed by atoms with van der Waals surface area (Å²) in [6.07, 6.45) is -7.56. The van der Waals surface area contributed by atoms with Crippen LogP contribution in [0.15, 0.2) is 39.5 Å². The minimum atomic E-state index is -1.67. The first-order valence-corrected chi connectivity index (χ1v) is 10.4. The second-order valence-electron chi connectivity index (χ2n) is 7.84. The molecule has 2 heterocycles. The fraction of sp³-hybridized carbons (Fsp3) is 0.348. The van der Waals surface area contributed by atoms with Crippen molar-refractivity contribution in [2.45, 2.75) is 30.7 Å². The first-order chi connectivity index (χ1) is 16.7. The second-order valence-corrected chi connectivity index (χ2v) is 7.84. The molecule has 0 amide bonds. The minimum absolute atomic E-state index is 0.0403. The third kappa shape index (κ3) is 4.45. The van der Waals surface area contributed by atoms with Crippen molar-refractivity contribution >= 4 is 11.0 Å². The van der Waals surface area contributed by atoms with Gasteiger partial charge >= 0.3 is 0 Å². The average molecular weight is 492 g/mol. The molecule has 35 heavy (non-hydrogen) atoms. The van der Waals surface area contributed by atoms with Crippen LogP contribution in [0.2, 0.25) is 0 Å². The van der Waals surface area contributed by atoms with Gasteiger partial charge in [0.05, 0.1) is 20.8 Å². The van der Waals surface area contributed by atoms with Crippen molar-refractivity contribution in [2.75, 3.05) is 20.8 Å². The Kier molecular flexibility index (Phi) is 6.74. The molecule has 1 aliphatic rings. The van der Waals surface area contributed by atoms with E-state index in [9.17, 15) is 35.4 Å². The van der Waals surface area contributed by atoms with E-state index in [1.807, 2.05) is 0 Å². The molecular weight excluding hydrogens is 468 g/mol. The van der Waals surface area contributed by atoms with Crippen molar-refractivity contribution < 1.29 is 54.0 Å². The van der Waals surface area contributed by atoms with Crippen LogP contribution in [0.25, 0.3) is 22.3 Å². The topological polar surface area (TPSA) is 189 Å². The fourth-order valence-corrected chi connectivity index (χ4v) is 3.82. The molecule has 4 rings (SSSR count). The van der Waals surface area contributed by atoms with Gasteiger partial charge in [0.1, 0.15) is 52.6 Å². The summed E-state index contributed by atoms with van der Waals surface area (Å²) in [5.41, 5.74) is -0.301. The van der Waals surface area contributed by atoms with Gasteiger partial charge < -0.3 is 54.0 Å². The zero-order chi connectivity index (χ0) is 25.4. The smallest absolute Gasteiger partial charge is 0.229 e. The number of rotatable bonds is 6. The highest BCUT2D eigenvalue weighted by Gasteiger charge is 2.45. The summed E-state index contributed by atoms with van der Waals surface area (Å²) in [4.78, 5) is 12.6. The first-order valence-electron chi connectivity index (χ1n) is 10.4. The highest BCUT2D eigenvalue weighted by molar-refractivity contribution is 5.86. The number of fused-ring (bicyclic) bond motifs is 1. The molecule has 0 bridgehead atoms. The quantitative estimate of drug-likeness (QED) is 0.272. The maximum Gasteiger partial charge on any atom is 0.229 e. The van der Waals surface area contributed by atoms with Crippen LogP contribution in [0.1, 0.15) is 0 Å². The molecule has 1 aromatic heterocycles. The molecule has 0 saturated carbocycles.